The minimum Gasteiger partial charge on any atom is -0.204 e. The first-order chi connectivity index (χ1) is 55.9. The van der Waals surface area contributed by atoms with Gasteiger partial charge in [-0.25, -0.2) is 46.7 Å². The number of alkyl halides is 24. The predicted octanol–water partition coefficient (Wildman–Crippen LogP) is 27.1. The minimum atomic E-state index is -6.13. The highest BCUT2D eigenvalue weighted by molar-refractivity contribution is 7.81. The van der Waals surface area contributed by atoms with E-state index in [1.165, 1.54) is 0 Å². The van der Waals surface area contributed by atoms with Gasteiger partial charge in [-0.05, 0) is 127 Å². The minimum absolute atomic E-state index is 0.0678. The predicted molar refractivity (Wildman–Crippen MR) is 396 cm³/mol. The van der Waals surface area contributed by atoms with Crippen molar-refractivity contribution in [1.29, 1.82) is 0 Å². The van der Waals surface area contributed by atoms with Crippen molar-refractivity contribution in [2.24, 2.45) is 0 Å². The van der Waals surface area contributed by atoms with Crippen LogP contribution in [0.1, 0.15) is 44.5 Å². The Morgan fingerprint density at radius 1 is 0.225 bits per heavy atom. The molecule has 0 aliphatic carbocycles. The molecule has 0 saturated heterocycles. The number of hydrogen-bond donors (Lipinski definition) is 4. The molecule has 1 spiro atoms. The van der Waals surface area contributed by atoms with E-state index < -0.39 is 237 Å². The molecule has 2 aliphatic rings. The van der Waals surface area contributed by atoms with Crippen LogP contribution >= 0.6 is 7.87 Å². The molecule has 16 rings (SSSR count). The van der Waals surface area contributed by atoms with Crippen LogP contribution in [0.5, 0.6) is 0 Å². The Labute approximate surface area is 655 Å². The molecule has 120 heavy (non-hydrogen) atoms. The molecule has 4 nitrogen and oxygen atoms in total. The molecule has 2 heterocycles. The Bertz CT molecular complexity index is 5820. The zero-order valence-electron chi connectivity index (χ0n) is 59.3. The first kappa shape index (κ1) is 82.8. The summed E-state index contributed by atoms with van der Waals surface area (Å²) in [5.74, 6) is -8.62. The molecular formula is C84H42BF30N4P. The molecule has 0 amide bonds. The number of benzene rings is 14. The number of nitrogens with one attached hydrogen (secondary N) is 4. The van der Waals surface area contributed by atoms with Gasteiger partial charge in [0.1, 0.15) is 6.15 Å². The van der Waals surface area contributed by atoms with E-state index in [9.17, 15) is 114 Å². The third-order valence-electron chi connectivity index (χ3n) is 20.6. The van der Waals surface area contributed by atoms with E-state index >= 15 is 17.6 Å². The number of halogens is 30. The first-order valence-corrected chi connectivity index (χ1v) is 36.5. The third kappa shape index (κ3) is 15.0. The quantitative estimate of drug-likeness (QED) is 0.0580. The number of hydrogen-bond acceptors (Lipinski definition) is 4. The Hall–Kier alpha value is -12.3. The van der Waals surface area contributed by atoms with E-state index in [0.29, 0.717) is 44.4 Å². The largest absolute Gasteiger partial charge is 0.416 e. The average molecular weight is 1720 g/mol. The van der Waals surface area contributed by atoms with Crippen molar-refractivity contribution >= 4 is 102 Å². The van der Waals surface area contributed by atoms with Crippen LogP contribution in [0.15, 0.2) is 231 Å². The van der Waals surface area contributed by atoms with Crippen LogP contribution in [0.25, 0.3) is 87.6 Å². The lowest BCUT2D eigenvalue weighted by atomic mass is 9.12. The van der Waals surface area contributed by atoms with E-state index in [1.54, 1.807) is 0 Å². The summed E-state index contributed by atoms with van der Waals surface area (Å²) in [4.78, 5) is 0. The number of rotatable bonds is 6. The first-order valence-electron chi connectivity index (χ1n) is 34.7. The van der Waals surface area contributed by atoms with Crippen molar-refractivity contribution in [3.05, 3.63) is 310 Å². The number of fused-ring (bicyclic) bond motifs is 14. The van der Waals surface area contributed by atoms with Crippen LogP contribution in [-0.4, -0.2) is 6.15 Å². The lowest BCUT2D eigenvalue weighted by molar-refractivity contribution is -0.144. The van der Waals surface area contributed by atoms with Crippen LogP contribution in [0.2, 0.25) is 0 Å². The highest BCUT2D eigenvalue weighted by Crippen LogP contribution is 2.68. The van der Waals surface area contributed by atoms with Crippen LogP contribution in [0, 0.1) is 34.9 Å². The fourth-order valence-electron chi connectivity index (χ4n) is 15.5. The van der Waals surface area contributed by atoms with Gasteiger partial charge in [0.15, 0.2) is 34.9 Å². The normalized spacial score (nSPS) is 13.9. The highest BCUT2D eigenvalue weighted by Gasteiger charge is 2.52. The standard InChI is InChI=1S/C52H30F6N4P.C32H12BF24/c53-39-23-31(24-40(54)49(39)57)37-21-29-11-3-7-15-35(29)47-48-36-16-8-4-12-30(36)22-38(32-25-41(55)50(58)42(56)26-32)52(48)62-63(61-51(37)47)59-43-19-17-27-9-1-5-13-33(27)45(43)46-34-14-6-2-10-28(34)18-20-44(46)60-63;34-25(35,36)13-1-14(26(37,38)39)6-21(5-13)33(22-7-15(27(40,41)42)2-16(8-22)28(43,44)45,23-9-17(29(46,47)48)3-18(10-23)30(49,50)51)24-11-19(31(52,53)54)4-20(12-24)32(55,56)57/h1-26,59-62H;1-12H/q+1;-1. The summed E-state index contributed by atoms with van der Waals surface area (Å²) >= 11 is 0. The summed E-state index contributed by atoms with van der Waals surface area (Å²) in [6.07, 6.45) is -54.8. The Morgan fingerprint density at radius 3 is 0.692 bits per heavy atom. The van der Waals surface area contributed by atoms with Crippen LogP contribution in [0.4, 0.5) is 154 Å². The Kier molecular flexibility index (Phi) is 19.8. The maximum atomic E-state index is 15.4. The van der Waals surface area contributed by atoms with Crippen molar-refractivity contribution in [1.82, 2.24) is 0 Å². The van der Waals surface area contributed by atoms with Gasteiger partial charge in [0.2, 0.25) is 0 Å². The molecule has 0 radical (unpaired) electrons. The van der Waals surface area contributed by atoms with Gasteiger partial charge in [-0.15, -0.1) is 0 Å². The van der Waals surface area contributed by atoms with E-state index in [-0.39, 0.29) is 11.1 Å². The fourth-order valence-corrected chi connectivity index (χ4v) is 18.1. The second kappa shape index (κ2) is 28.7. The monoisotopic (exact) mass is 1720 g/mol. The third-order valence-corrected chi connectivity index (χ3v) is 22.9. The Balaban J connectivity index is 0.000000188. The average Bonchev–Trinajstić information content (AvgIpc) is 1.29. The molecule has 36 heteroatoms. The van der Waals surface area contributed by atoms with Crippen molar-refractivity contribution < 1.29 is 132 Å². The summed E-state index contributed by atoms with van der Waals surface area (Å²) in [5.41, 5.74) is -24.0. The van der Waals surface area contributed by atoms with E-state index in [2.05, 4.69) is 44.6 Å². The van der Waals surface area contributed by atoms with Gasteiger partial charge in [-0.1, -0.05) is 158 Å². The van der Waals surface area contributed by atoms with Crippen molar-refractivity contribution in [3.63, 3.8) is 0 Å². The Morgan fingerprint density at radius 2 is 0.450 bits per heavy atom. The van der Waals surface area contributed by atoms with Gasteiger partial charge in [0, 0.05) is 33.4 Å². The van der Waals surface area contributed by atoms with Gasteiger partial charge in [0.05, 0.1) is 67.3 Å². The summed E-state index contributed by atoms with van der Waals surface area (Å²) in [6.45, 7) is 0. The van der Waals surface area contributed by atoms with Crippen molar-refractivity contribution in [2.45, 2.75) is 49.4 Å². The van der Waals surface area contributed by atoms with Gasteiger partial charge in [-0.3, -0.25) is 0 Å². The van der Waals surface area contributed by atoms with Crippen LogP contribution in [0.3, 0.4) is 0 Å². The topological polar surface area (TPSA) is 48.1 Å². The van der Waals surface area contributed by atoms with E-state index in [1.807, 2.05) is 109 Å². The molecule has 14 aromatic rings. The molecule has 616 valence electrons. The van der Waals surface area contributed by atoms with Gasteiger partial charge >= 0.3 is 57.3 Å². The molecule has 0 atom stereocenters. The number of anilines is 4. The molecule has 0 unspecified atom stereocenters. The molecule has 0 aromatic heterocycles. The van der Waals surface area contributed by atoms with Crippen LogP contribution < -0.4 is 42.2 Å². The molecule has 4 N–H and O–H groups in total. The van der Waals surface area contributed by atoms with Crippen LogP contribution in [-0.2, 0) is 49.4 Å². The molecule has 0 fully saturated rings. The summed E-state index contributed by atoms with van der Waals surface area (Å²) in [5, 5.41) is 22.3. The fraction of sp³-hybridized carbons (Fsp3) is 0.0952. The van der Waals surface area contributed by atoms with Gasteiger partial charge < -0.3 is 0 Å². The molecule has 14 aromatic carbocycles. The zero-order chi connectivity index (χ0) is 86.6. The second-order valence-corrected chi connectivity index (χ2v) is 30.3. The lowest BCUT2D eigenvalue weighted by Crippen LogP contribution is -2.75. The smallest absolute Gasteiger partial charge is 0.204 e. The second-order valence-electron chi connectivity index (χ2n) is 28.1. The maximum Gasteiger partial charge on any atom is 0.416 e. The molecule has 0 saturated carbocycles. The lowest BCUT2D eigenvalue weighted by Gasteiger charge is -2.46. The zero-order valence-corrected chi connectivity index (χ0v) is 60.2. The summed E-state index contributed by atoms with van der Waals surface area (Å²) in [7, 11) is -3.50. The van der Waals surface area contributed by atoms with Gasteiger partial charge in [0.25, 0.3) is 0 Å². The summed E-state index contributed by atoms with van der Waals surface area (Å²) in [6, 6.07) is 38.0. The molecular weight excluding hydrogens is 1680 g/mol. The SMILES string of the molecule is FC(F)(F)c1cc([B-](c2cc(C(F)(F)F)cc(C(F)(F)F)c2)(c2cc(C(F)(F)F)cc(C(F)(F)F)c2)c2cc(C(F)(F)F)cc(C(F)(F)F)c2)cc(C(F)(F)F)c1.Fc1cc(-c2cc3ccccc3c3c2N[P+]2(Nc4ccc5ccccc5c4-c4c(ccc5ccccc45)N2)Nc2c(-c4cc(F)c(F)c(F)c4)cc4ccccc4c2-3)cc(F)c1F. The maximum absolute atomic E-state index is 15.4. The van der Waals surface area contributed by atoms with Gasteiger partial charge in [-0.2, -0.15) is 127 Å². The van der Waals surface area contributed by atoms with Crippen molar-refractivity contribution in [3.8, 4) is 44.5 Å². The molecule has 2 aliphatic heterocycles. The summed E-state index contributed by atoms with van der Waals surface area (Å²) < 4.78 is 432. The van der Waals surface area contributed by atoms with E-state index in [4.69, 9.17) is 0 Å². The highest BCUT2D eigenvalue weighted by atomic mass is 31.2. The van der Waals surface area contributed by atoms with E-state index in [0.717, 1.165) is 79.1 Å². The molecule has 0 bridgehead atoms. The van der Waals surface area contributed by atoms with Crippen molar-refractivity contribution in [2.75, 3.05) is 20.3 Å².